The predicted octanol–water partition coefficient (Wildman–Crippen LogP) is 1.99. The summed E-state index contributed by atoms with van der Waals surface area (Å²) in [6.07, 6.45) is 0. The zero-order valence-electron chi connectivity index (χ0n) is 11.4. The molecule has 1 atom stereocenters. The van der Waals surface area contributed by atoms with E-state index in [0.29, 0.717) is 12.6 Å². The van der Waals surface area contributed by atoms with Crippen molar-refractivity contribution in [3.8, 4) is 0 Å². The molecular formula is C14H20BrN3O. The average molecular weight is 326 g/mol. The zero-order valence-corrected chi connectivity index (χ0v) is 13.0. The van der Waals surface area contributed by atoms with Crippen molar-refractivity contribution in [2.24, 2.45) is 0 Å². The standard InChI is InChI=1S/C14H20BrN3O/c1-10-3-4-13(12(15)7-10)17-14(19)9-18-6-5-16-8-11(18)2/h3-4,7,11,16H,5-6,8-9H2,1-2H3,(H,17,19). The summed E-state index contributed by atoms with van der Waals surface area (Å²) < 4.78 is 0.925. The Hall–Kier alpha value is -0.910. The number of rotatable bonds is 3. The molecule has 1 amide bonds. The molecular weight excluding hydrogens is 306 g/mol. The largest absolute Gasteiger partial charge is 0.324 e. The van der Waals surface area contributed by atoms with Crippen molar-refractivity contribution in [2.45, 2.75) is 19.9 Å². The van der Waals surface area contributed by atoms with Gasteiger partial charge in [-0.3, -0.25) is 9.69 Å². The summed E-state index contributed by atoms with van der Waals surface area (Å²) in [7, 11) is 0. The maximum Gasteiger partial charge on any atom is 0.238 e. The normalized spacial score (nSPS) is 20.3. The topological polar surface area (TPSA) is 44.4 Å². The summed E-state index contributed by atoms with van der Waals surface area (Å²) in [5.74, 6) is 0.0401. The molecule has 0 bridgehead atoms. The number of amides is 1. The van der Waals surface area contributed by atoms with Gasteiger partial charge >= 0.3 is 0 Å². The molecule has 0 radical (unpaired) electrons. The summed E-state index contributed by atoms with van der Waals surface area (Å²) in [5, 5.41) is 6.28. The Bertz CT molecular complexity index is 464. The molecule has 2 N–H and O–H groups in total. The van der Waals surface area contributed by atoms with E-state index >= 15 is 0 Å². The van der Waals surface area contributed by atoms with Crippen molar-refractivity contribution in [3.05, 3.63) is 28.2 Å². The quantitative estimate of drug-likeness (QED) is 0.893. The van der Waals surface area contributed by atoms with Gasteiger partial charge in [0, 0.05) is 30.1 Å². The number of carbonyl (C=O) groups excluding carboxylic acids is 1. The van der Waals surface area contributed by atoms with Crippen molar-refractivity contribution < 1.29 is 4.79 Å². The van der Waals surface area contributed by atoms with Gasteiger partial charge in [-0.25, -0.2) is 0 Å². The summed E-state index contributed by atoms with van der Waals surface area (Å²) in [6.45, 7) is 7.43. The third kappa shape index (κ3) is 4.03. The molecule has 0 aliphatic carbocycles. The maximum absolute atomic E-state index is 12.1. The van der Waals surface area contributed by atoms with Crippen LogP contribution in [0.25, 0.3) is 0 Å². The van der Waals surface area contributed by atoms with Crippen LogP contribution < -0.4 is 10.6 Å². The first kappa shape index (κ1) is 14.5. The molecule has 19 heavy (non-hydrogen) atoms. The second kappa shape index (κ2) is 6.50. The van der Waals surface area contributed by atoms with E-state index in [1.807, 2.05) is 25.1 Å². The van der Waals surface area contributed by atoms with E-state index in [9.17, 15) is 4.79 Å². The van der Waals surface area contributed by atoms with E-state index in [0.717, 1.165) is 29.8 Å². The van der Waals surface area contributed by atoms with E-state index < -0.39 is 0 Å². The van der Waals surface area contributed by atoms with Gasteiger partial charge in [0.2, 0.25) is 5.91 Å². The lowest BCUT2D eigenvalue weighted by Crippen LogP contribution is -2.52. The fourth-order valence-electron chi connectivity index (χ4n) is 2.21. The van der Waals surface area contributed by atoms with Crippen LogP contribution in [0, 0.1) is 6.92 Å². The highest BCUT2D eigenvalue weighted by molar-refractivity contribution is 9.10. The van der Waals surface area contributed by atoms with E-state index in [2.05, 4.69) is 38.4 Å². The number of anilines is 1. The molecule has 1 saturated heterocycles. The molecule has 1 aliphatic rings. The third-order valence-corrected chi connectivity index (χ3v) is 4.04. The lowest BCUT2D eigenvalue weighted by molar-refractivity contribution is -0.118. The highest BCUT2D eigenvalue weighted by Crippen LogP contribution is 2.23. The fourth-order valence-corrected chi connectivity index (χ4v) is 2.81. The summed E-state index contributed by atoms with van der Waals surface area (Å²) in [6, 6.07) is 6.33. The Labute approximate surface area is 122 Å². The van der Waals surface area contributed by atoms with Gasteiger partial charge < -0.3 is 10.6 Å². The van der Waals surface area contributed by atoms with Gasteiger partial charge in [-0.1, -0.05) is 6.07 Å². The molecule has 1 fully saturated rings. The zero-order chi connectivity index (χ0) is 13.8. The van der Waals surface area contributed by atoms with Crippen LogP contribution in [-0.2, 0) is 4.79 Å². The first-order chi connectivity index (χ1) is 9.06. The molecule has 1 aromatic carbocycles. The SMILES string of the molecule is Cc1ccc(NC(=O)CN2CCNCC2C)c(Br)c1. The Morgan fingerprint density at radius 2 is 2.37 bits per heavy atom. The number of hydrogen-bond donors (Lipinski definition) is 2. The van der Waals surface area contributed by atoms with Gasteiger partial charge in [0.1, 0.15) is 0 Å². The second-order valence-corrected chi connectivity index (χ2v) is 5.91. The Balaban J connectivity index is 1.93. The first-order valence-electron chi connectivity index (χ1n) is 6.57. The number of hydrogen-bond acceptors (Lipinski definition) is 3. The van der Waals surface area contributed by atoms with E-state index in [1.165, 1.54) is 5.56 Å². The molecule has 5 heteroatoms. The smallest absolute Gasteiger partial charge is 0.238 e. The molecule has 1 heterocycles. The fraction of sp³-hybridized carbons (Fsp3) is 0.500. The van der Waals surface area contributed by atoms with Crippen LogP contribution in [0.5, 0.6) is 0 Å². The Morgan fingerprint density at radius 3 is 3.05 bits per heavy atom. The molecule has 2 rings (SSSR count). The minimum Gasteiger partial charge on any atom is -0.324 e. The van der Waals surface area contributed by atoms with Gasteiger partial charge in [-0.2, -0.15) is 0 Å². The van der Waals surface area contributed by atoms with Crippen molar-refractivity contribution >= 4 is 27.5 Å². The summed E-state index contributed by atoms with van der Waals surface area (Å²) >= 11 is 3.47. The summed E-state index contributed by atoms with van der Waals surface area (Å²) in [5.41, 5.74) is 2.00. The number of carbonyl (C=O) groups is 1. The lowest BCUT2D eigenvalue weighted by Gasteiger charge is -2.33. The maximum atomic E-state index is 12.1. The summed E-state index contributed by atoms with van der Waals surface area (Å²) in [4.78, 5) is 14.3. The monoisotopic (exact) mass is 325 g/mol. The molecule has 1 aliphatic heterocycles. The first-order valence-corrected chi connectivity index (χ1v) is 7.36. The van der Waals surface area contributed by atoms with Gasteiger partial charge in [-0.15, -0.1) is 0 Å². The van der Waals surface area contributed by atoms with Gasteiger partial charge in [0.05, 0.1) is 12.2 Å². The minimum absolute atomic E-state index is 0.0401. The van der Waals surface area contributed by atoms with E-state index in [-0.39, 0.29) is 5.91 Å². The van der Waals surface area contributed by atoms with Crippen LogP contribution in [0.3, 0.4) is 0 Å². The van der Waals surface area contributed by atoms with Crippen LogP contribution in [0.15, 0.2) is 22.7 Å². The molecule has 0 aromatic heterocycles. The van der Waals surface area contributed by atoms with Gasteiger partial charge in [-0.05, 0) is 47.5 Å². The van der Waals surface area contributed by atoms with E-state index in [4.69, 9.17) is 0 Å². The number of aryl methyl sites for hydroxylation is 1. The van der Waals surface area contributed by atoms with Gasteiger partial charge in [0.15, 0.2) is 0 Å². The van der Waals surface area contributed by atoms with Crippen molar-refractivity contribution in [2.75, 3.05) is 31.5 Å². The Kier molecular flexibility index (Phi) is 4.96. The highest BCUT2D eigenvalue weighted by Gasteiger charge is 2.20. The van der Waals surface area contributed by atoms with Crippen LogP contribution in [0.1, 0.15) is 12.5 Å². The van der Waals surface area contributed by atoms with Crippen molar-refractivity contribution in [1.82, 2.24) is 10.2 Å². The molecule has 0 saturated carbocycles. The number of benzene rings is 1. The molecule has 1 unspecified atom stereocenters. The van der Waals surface area contributed by atoms with Crippen LogP contribution >= 0.6 is 15.9 Å². The Morgan fingerprint density at radius 1 is 1.58 bits per heavy atom. The van der Waals surface area contributed by atoms with Crippen LogP contribution in [0.4, 0.5) is 5.69 Å². The molecule has 0 spiro atoms. The number of nitrogens with zero attached hydrogens (tertiary/aromatic N) is 1. The van der Waals surface area contributed by atoms with E-state index in [1.54, 1.807) is 0 Å². The molecule has 1 aromatic rings. The number of piperazine rings is 1. The molecule has 104 valence electrons. The van der Waals surface area contributed by atoms with Crippen molar-refractivity contribution in [3.63, 3.8) is 0 Å². The molecule has 4 nitrogen and oxygen atoms in total. The number of halogens is 1. The lowest BCUT2D eigenvalue weighted by atomic mass is 10.2. The van der Waals surface area contributed by atoms with Crippen molar-refractivity contribution in [1.29, 1.82) is 0 Å². The van der Waals surface area contributed by atoms with Crippen LogP contribution in [0.2, 0.25) is 0 Å². The average Bonchev–Trinajstić information content (AvgIpc) is 2.36. The third-order valence-electron chi connectivity index (χ3n) is 3.38. The second-order valence-electron chi connectivity index (χ2n) is 5.06. The van der Waals surface area contributed by atoms with Crippen LogP contribution in [-0.4, -0.2) is 43.0 Å². The highest BCUT2D eigenvalue weighted by atomic mass is 79.9. The predicted molar refractivity (Wildman–Crippen MR) is 81.4 cm³/mol. The number of nitrogens with one attached hydrogen (secondary N) is 2. The van der Waals surface area contributed by atoms with Gasteiger partial charge in [0.25, 0.3) is 0 Å². The minimum atomic E-state index is 0.0401.